The fraction of sp³-hybridized carbons (Fsp3) is 0.625. The first kappa shape index (κ1) is 18.0. The van der Waals surface area contributed by atoms with Crippen LogP contribution in [0.2, 0.25) is 0 Å². The molecule has 0 aliphatic carbocycles. The van der Waals surface area contributed by atoms with Crippen LogP contribution in [0.3, 0.4) is 0 Å². The van der Waals surface area contributed by atoms with Gasteiger partial charge < -0.3 is 10.2 Å². The van der Waals surface area contributed by atoms with E-state index in [-0.39, 0.29) is 18.1 Å². The summed E-state index contributed by atoms with van der Waals surface area (Å²) in [6, 6.07) is 5.63. The van der Waals surface area contributed by atoms with E-state index in [1.165, 1.54) is 19.3 Å². The van der Waals surface area contributed by atoms with Crippen LogP contribution in [0.15, 0.2) is 29.2 Å². The van der Waals surface area contributed by atoms with E-state index in [0.29, 0.717) is 6.54 Å². The van der Waals surface area contributed by atoms with Crippen molar-refractivity contribution in [3.63, 3.8) is 0 Å². The number of nitrogens with zero attached hydrogens (tertiary/aromatic N) is 4. The number of aromatic nitrogens is 3. The maximum atomic E-state index is 12.2. The number of likely N-dealkylation sites (tertiary alicyclic amines) is 1. The van der Waals surface area contributed by atoms with Gasteiger partial charge in [0.15, 0.2) is 5.65 Å². The molecule has 0 unspecified atom stereocenters. The largest absolute Gasteiger partial charge is 0.350 e. The van der Waals surface area contributed by atoms with Crippen LogP contribution in [0.25, 0.3) is 5.65 Å². The van der Waals surface area contributed by atoms with Crippen molar-refractivity contribution in [1.29, 1.82) is 0 Å². The van der Waals surface area contributed by atoms with Crippen LogP contribution in [-0.4, -0.2) is 52.3 Å². The Balaban J connectivity index is 0.00000192. The van der Waals surface area contributed by atoms with Crippen molar-refractivity contribution in [2.45, 2.75) is 25.8 Å². The van der Waals surface area contributed by atoms with E-state index in [4.69, 9.17) is 0 Å². The third-order valence-corrected chi connectivity index (χ3v) is 4.63. The second-order valence-corrected chi connectivity index (χ2v) is 6.11. The topological polar surface area (TPSA) is 54.6 Å². The normalized spacial score (nSPS) is 16.6. The third-order valence-electron chi connectivity index (χ3n) is 4.63. The number of pyridine rings is 1. The molecule has 7 heteroatoms. The molecule has 1 aliphatic heterocycles. The number of hydrogen-bond acceptors (Lipinski definition) is 4. The smallest absolute Gasteiger partial charge is 0.320 e. The molecular formula is C16H26ClN5O. The van der Waals surface area contributed by atoms with Crippen molar-refractivity contribution < 1.29 is 0 Å². The number of nitrogens with one attached hydrogen (secondary N) is 1. The van der Waals surface area contributed by atoms with Crippen molar-refractivity contribution in [3.05, 3.63) is 34.9 Å². The van der Waals surface area contributed by atoms with Crippen LogP contribution in [0.5, 0.6) is 0 Å². The summed E-state index contributed by atoms with van der Waals surface area (Å²) in [4.78, 5) is 14.7. The Kier molecular flexibility index (Phi) is 6.62. The van der Waals surface area contributed by atoms with E-state index >= 15 is 0 Å². The summed E-state index contributed by atoms with van der Waals surface area (Å²) in [7, 11) is 2.02. The van der Waals surface area contributed by atoms with Gasteiger partial charge in [0.25, 0.3) is 0 Å². The van der Waals surface area contributed by atoms with Gasteiger partial charge in [0, 0.05) is 12.7 Å². The molecule has 0 radical (unpaired) electrons. The van der Waals surface area contributed by atoms with Gasteiger partial charge in [-0.05, 0) is 64.0 Å². The lowest BCUT2D eigenvalue weighted by Gasteiger charge is -2.31. The molecule has 2 aromatic rings. The van der Waals surface area contributed by atoms with E-state index in [1.807, 2.05) is 25.2 Å². The highest BCUT2D eigenvalue weighted by atomic mass is 35.5. The molecule has 2 aromatic heterocycles. The molecule has 128 valence electrons. The molecule has 0 saturated carbocycles. The van der Waals surface area contributed by atoms with Crippen molar-refractivity contribution in [1.82, 2.24) is 24.4 Å². The van der Waals surface area contributed by atoms with E-state index in [2.05, 4.69) is 15.3 Å². The Morgan fingerprint density at radius 1 is 1.26 bits per heavy atom. The quantitative estimate of drug-likeness (QED) is 0.860. The number of fused-ring (bicyclic) bond motifs is 1. The summed E-state index contributed by atoms with van der Waals surface area (Å²) in [5.74, 6) is 0.849. The van der Waals surface area contributed by atoms with Gasteiger partial charge in [-0.25, -0.2) is 9.48 Å². The van der Waals surface area contributed by atoms with E-state index in [9.17, 15) is 4.79 Å². The first-order valence-corrected chi connectivity index (χ1v) is 8.19. The maximum absolute atomic E-state index is 12.2. The van der Waals surface area contributed by atoms with Crippen molar-refractivity contribution in [2.24, 2.45) is 5.92 Å². The lowest BCUT2D eigenvalue weighted by atomic mass is 9.93. The van der Waals surface area contributed by atoms with E-state index in [0.717, 1.165) is 37.7 Å². The van der Waals surface area contributed by atoms with Crippen LogP contribution >= 0.6 is 12.4 Å². The minimum Gasteiger partial charge on any atom is -0.320 e. The molecule has 1 saturated heterocycles. The molecule has 0 amide bonds. The molecule has 0 bridgehead atoms. The lowest BCUT2D eigenvalue weighted by molar-refractivity contribution is 0.171. The lowest BCUT2D eigenvalue weighted by Crippen LogP contribution is -2.37. The van der Waals surface area contributed by atoms with E-state index < -0.39 is 0 Å². The number of halogens is 1. The zero-order chi connectivity index (χ0) is 15.4. The van der Waals surface area contributed by atoms with Crippen LogP contribution in [0, 0.1) is 5.92 Å². The Labute approximate surface area is 142 Å². The van der Waals surface area contributed by atoms with Gasteiger partial charge in [-0.15, -0.1) is 17.5 Å². The van der Waals surface area contributed by atoms with Crippen LogP contribution in [0.1, 0.15) is 19.3 Å². The van der Waals surface area contributed by atoms with E-state index in [1.54, 1.807) is 15.3 Å². The highest BCUT2D eigenvalue weighted by molar-refractivity contribution is 5.85. The fourth-order valence-electron chi connectivity index (χ4n) is 3.20. The average Bonchev–Trinajstić information content (AvgIpc) is 2.88. The Bertz CT molecular complexity index is 660. The number of hydrogen-bond donors (Lipinski definition) is 1. The molecule has 1 fully saturated rings. The summed E-state index contributed by atoms with van der Waals surface area (Å²) >= 11 is 0. The summed E-state index contributed by atoms with van der Waals surface area (Å²) in [5, 5.41) is 7.61. The Hall–Kier alpha value is -1.37. The predicted octanol–water partition coefficient (Wildman–Crippen LogP) is 1.24. The molecule has 0 atom stereocenters. The highest BCUT2D eigenvalue weighted by Crippen LogP contribution is 2.19. The molecule has 3 heterocycles. The molecule has 1 N–H and O–H groups in total. The Morgan fingerprint density at radius 2 is 2.04 bits per heavy atom. The monoisotopic (exact) mass is 339 g/mol. The van der Waals surface area contributed by atoms with Crippen LogP contribution < -0.4 is 11.0 Å². The first-order chi connectivity index (χ1) is 10.8. The first-order valence-electron chi connectivity index (χ1n) is 8.19. The molecular weight excluding hydrogens is 314 g/mol. The van der Waals surface area contributed by atoms with Gasteiger partial charge in [0.1, 0.15) is 0 Å². The van der Waals surface area contributed by atoms with Gasteiger partial charge >= 0.3 is 5.69 Å². The van der Waals surface area contributed by atoms with Crippen LogP contribution in [-0.2, 0) is 6.54 Å². The summed E-state index contributed by atoms with van der Waals surface area (Å²) < 4.78 is 3.19. The summed E-state index contributed by atoms with van der Waals surface area (Å²) in [6.45, 7) is 4.96. The van der Waals surface area contributed by atoms with Crippen molar-refractivity contribution in [2.75, 3.05) is 33.2 Å². The van der Waals surface area contributed by atoms with Gasteiger partial charge in [-0.3, -0.25) is 4.40 Å². The molecule has 1 aliphatic rings. The molecule has 3 rings (SSSR count). The average molecular weight is 340 g/mol. The highest BCUT2D eigenvalue weighted by Gasteiger charge is 2.18. The van der Waals surface area contributed by atoms with Gasteiger partial charge in [0.2, 0.25) is 0 Å². The fourth-order valence-corrected chi connectivity index (χ4v) is 3.20. The van der Waals surface area contributed by atoms with Gasteiger partial charge in [-0.2, -0.15) is 0 Å². The number of rotatable bonds is 6. The minimum absolute atomic E-state index is 0. The zero-order valence-corrected chi connectivity index (χ0v) is 14.5. The van der Waals surface area contributed by atoms with Gasteiger partial charge in [-0.1, -0.05) is 6.07 Å². The summed E-state index contributed by atoms with van der Waals surface area (Å²) in [6.07, 6.45) is 5.58. The molecule has 0 spiro atoms. The second kappa shape index (κ2) is 8.47. The SMILES string of the molecule is CNCCC1CCN(CCn2nc3ccccn3c2=O)CC1.Cl. The van der Waals surface area contributed by atoms with Crippen molar-refractivity contribution >= 4 is 18.1 Å². The minimum atomic E-state index is -0.0421. The molecule has 23 heavy (non-hydrogen) atoms. The van der Waals surface area contributed by atoms with Gasteiger partial charge in [0.05, 0.1) is 6.54 Å². The maximum Gasteiger partial charge on any atom is 0.350 e. The number of piperidine rings is 1. The Morgan fingerprint density at radius 3 is 2.74 bits per heavy atom. The zero-order valence-electron chi connectivity index (χ0n) is 13.6. The van der Waals surface area contributed by atoms with Crippen molar-refractivity contribution in [3.8, 4) is 0 Å². The standard InChI is InChI=1S/C16H25N5O.ClH/c1-17-8-5-14-6-10-19(11-7-14)12-13-21-16(22)20-9-3-2-4-15(20)18-21;/h2-4,9,14,17H,5-8,10-13H2,1H3;1H. The predicted molar refractivity (Wildman–Crippen MR) is 94.4 cm³/mol. The summed E-state index contributed by atoms with van der Waals surface area (Å²) in [5.41, 5.74) is 0.678. The second-order valence-electron chi connectivity index (χ2n) is 6.11. The third kappa shape index (κ3) is 4.34. The molecule has 0 aromatic carbocycles. The molecule has 6 nitrogen and oxygen atoms in total. The van der Waals surface area contributed by atoms with Crippen LogP contribution in [0.4, 0.5) is 0 Å².